The molecule has 0 bridgehead atoms. The minimum Gasteiger partial charge on any atom is -0.365 e. The molecule has 0 aliphatic rings. The van der Waals surface area contributed by atoms with E-state index in [1.165, 1.54) is 0 Å². The summed E-state index contributed by atoms with van der Waals surface area (Å²) >= 11 is 0. The number of ketones is 1. The lowest BCUT2D eigenvalue weighted by Gasteiger charge is -2.28. The molecular formula is C13H26O3. The third-order valence-corrected chi connectivity index (χ3v) is 3.15. The number of carbonyl (C=O) groups is 1. The number of hydrogen-bond donors (Lipinski definition) is 2. The Labute approximate surface area is 98.9 Å². The summed E-state index contributed by atoms with van der Waals surface area (Å²) in [5.74, 6) is -2.46. The van der Waals surface area contributed by atoms with Crippen molar-refractivity contribution in [1.82, 2.24) is 0 Å². The molecule has 0 spiro atoms. The van der Waals surface area contributed by atoms with E-state index in [-0.39, 0.29) is 12.2 Å². The molecule has 0 aromatic heterocycles. The van der Waals surface area contributed by atoms with E-state index >= 15 is 0 Å². The predicted octanol–water partition coefficient (Wildman–Crippen LogP) is 2.64. The van der Waals surface area contributed by atoms with E-state index in [0.29, 0.717) is 12.8 Å². The first kappa shape index (κ1) is 15.6. The average molecular weight is 230 g/mol. The van der Waals surface area contributed by atoms with Gasteiger partial charge in [-0.25, -0.2) is 0 Å². The van der Waals surface area contributed by atoms with Gasteiger partial charge in [-0.15, -0.1) is 0 Å². The number of carbonyl (C=O) groups excluding carboxylic acids is 1. The van der Waals surface area contributed by atoms with E-state index < -0.39 is 11.7 Å². The highest BCUT2D eigenvalue weighted by atomic mass is 16.5. The van der Waals surface area contributed by atoms with Crippen molar-refractivity contribution in [1.29, 1.82) is 0 Å². The first-order valence-corrected chi connectivity index (χ1v) is 6.47. The summed E-state index contributed by atoms with van der Waals surface area (Å²) in [5, 5.41) is 19.4. The molecule has 3 nitrogen and oxygen atoms in total. The second kappa shape index (κ2) is 7.80. The normalized spacial score (nSPS) is 13.8. The topological polar surface area (TPSA) is 57.5 Å². The van der Waals surface area contributed by atoms with Crippen LogP contribution in [0, 0.1) is 5.92 Å². The Balaban J connectivity index is 4.11. The molecule has 0 saturated carbocycles. The fourth-order valence-corrected chi connectivity index (χ4v) is 1.96. The Morgan fingerprint density at radius 2 is 1.75 bits per heavy atom. The molecule has 2 N–H and O–H groups in total. The van der Waals surface area contributed by atoms with Crippen LogP contribution < -0.4 is 0 Å². The summed E-state index contributed by atoms with van der Waals surface area (Å²) in [6.45, 7) is 5.64. The predicted molar refractivity (Wildman–Crippen MR) is 65.0 cm³/mol. The second-order valence-electron chi connectivity index (χ2n) is 4.47. The van der Waals surface area contributed by atoms with Gasteiger partial charge >= 0.3 is 0 Å². The van der Waals surface area contributed by atoms with Gasteiger partial charge in [0.05, 0.1) is 5.92 Å². The van der Waals surface area contributed by atoms with Crippen molar-refractivity contribution in [2.45, 2.75) is 71.5 Å². The maximum Gasteiger partial charge on any atom is 0.172 e. The minimum atomic E-state index is -1.82. The van der Waals surface area contributed by atoms with Crippen molar-refractivity contribution in [3.8, 4) is 0 Å². The Kier molecular flexibility index (Phi) is 7.60. The monoisotopic (exact) mass is 230 g/mol. The first-order chi connectivity index (χ1) is 7.49. The summed E-state index contributed by atoms with van der Waals surface area (Å²) in [5.41, 5.74) is 0. The van der Waals surface area contributed by atoms with Crippen LogP contribution >= 0.6 is 0 Å². The summed E-state index contributed by atoms with van der Waals surface area (Å²) in [6, 6.07) is 0. The van der Waals surface area contributed by atoms with E-state index in [9.17, 15) is 15.0 Å². The molecule has 0 rings (SSSR count). The van der Waals surface area contributed by atoms with Gasteiger partial charge in [-0.3, -0.25) is 4.79 Å². The largest absolute Gasteiger partial charge is 0.365 e. The summed E-state index contributed by atoms with van der Waals surface area (Å²) in [6.07, 6.45) is 5.37. The molecule has 0 aromatic rings. The maximum absolute atomic E-state index is 11.8. The minimum absolute atomic E-state index is 0.00884. The van der Waals surface area contributed by atoms with Crippen LogP contribution in [-0.4, -0.2) is 21.8 Å². The molecule has 16 heavy (non-hydrogen) atoms. The molecule has 0 saturated heterocycles. The number of rotatable bonds is 9. The zero-order valence-electron chi connectivity index (χ0n) is 10.8. The van der Waals surface area contributed by atoms with E-state index in [2.05, 4.69) is 6.92 Å². The van der Waals surface area contributed by atoms with Gasteiger partial charge in [-0.05, 0) is 19.3 Å². The molecule has 0 radical (unpaired) electrons. The lowest BCUT2D eigenvalue weighted by Crippen LogP contribution is -2.41. The third-order valence-electron chi connectivity index (χ3n) is 3.15. The maximum atomic E-state index is 11.8. The molecule has 3 heteroatoms. The van der Waals surface area contributed by atoms with Crippen molar-refractivity contribution in [2.24, 2.45) is 5.92 Å². The molecule has 0 aromatic carbocycles. The molecule has 1 atom stereocenters. The summed E-state index contributed by atoms with van der Waals surface area (Å²) in [7, 11) is 0. The molecule has 0 aliphatic heterocycles. The second-order valence-corrected chi connectivity index (χ2v) is 4.47. The smallest absolute Gasteiger partial charge is 0.172 e. The lowest BCUT2D eigenvalue weighted by atomic mass is 9.87. The molecule has 0 unspecified atom stereocenters. The first-order valence-electron chi connectivity index (χ1n) is 6.47. The van der Waals surface area contributed by atoms with Gasteiger partial charge in [0, 0.05) is 6.42 Å². The van der Waals surface area contributed by atoms with Crippen LogP contribution in [0.2, 0.25) is 0 Å². The third kappa shape index (κ3) is 5.08. The van der Waals surface area contributed by atoms with Crippen LogP contribution in [0.4, 0.5) is 0 Å². The fourth-order valence-electron chi connectivity index (χ4n) is 1.96. The summed E-state index contributed by atoms with van der Waals surface area (Å²) in [4.78, 5) is 11.8. The van der Waals surface area contributed by atoms with Gasteiger partial charge in [0.25, 0.3) is 0 Å². The van der Waals surface area contributed by atoms with Crippen LogP contribution in [-0.2, 0) is 4.79 Å². The van der Waals surface area contributed by atoms with E-state index in [4.69, 9.17) is 0 Å². The molecular weight excluding hydrogens is 204 g/mol. The van der Waals surface area contributed by atoms with Gasteiger partial charge in [-0.1, -0.05) is 40.0 Å². The number of unbranched alkanes of at least 4 members (excludes halogenated alkanes) is 3. The highest BCUT2D eigenvalue weighted by Gasteiger charge is 2.35. The van der Waals surface area contributed by atoms with Crippen molar-refractivity contribution in [3.63, 3.8) is 0 Å². The zero-order valence-corrected chi connectivity index (χ0v) is 10.8. The molecule has 0 heterocycles. The standard InChI is InChI=1S/C13H26O3/c1-4-7-8-9-10-12(14)11(5-2)13(15,16)6-3/h11,15-16H,4-10H2,1-3H3/t11-/m1/s1. The van der Waals surface area contributed by atoms with Crippen LogP contribution in [0.25, 0.3) is 0 Å². The molecule has 0 aliphatic carbocycles. The van der Waals surface area contributed by atoms with E-state index in [0.717, 1.165) is 25.7 Å². The Morgan fingerprint density at radius 3 is 2.19 bits per heavy atom. The Hall–Kier alpha value is -0.410. The number of hydrogen-bond acceptors (Lipinski definition) is 3. The highest BCUT2D eigenvalue weighted by molar-refractivity contribution is 5.81. The van der Waals surface area contributed by atoms with E-state index in [1.54, 1.807) is 6.92 Å². The number of Topliss-reactive ketones (excluding diaryl/α,β-unsaturated/α-hetero) is 1. The van der Waals surface area contributed by atoms with Gasteiger partial charge in [0.1, 0.15) is 5.78 Å². The van der Waals surface area contributed by atoms with Crippen molar-refractivity contribution < 1.29 is 15.0 Å². The molecule has 0 amide bonds. The lowest BCUT2D eigenvalue weighted by molar-refractivity contribution is -0.202. The Morgan fingerprint density at radius 1 is 1.12 bits per heavy atom. The fraction of sp³-hybridized carbons (Fsp3) is 0.923. The molecule has 0 fully saturated rings. The van der Waals surface area contributed by atoms with Crippen LogP contribution in [0.1, 0.15) is 65.7 Å². The van der Waals surface area contributed by atoms with Crippen molar-refractivity contribution in [2.75, 3.05) is 0 Å². The molecule has 96 valence electrons. The van der Waals surface area contributed by atoms with Gasteiger partial charge < -0.3 is 10.2 Å². The number of aliphatic hydroxyl groups is 2. The van der Waals surface area contributed by atoms with Crippen molar-refractivity contribution >= 4 is 5.78 Å². The quantitative estimate of drug-likeness (QED) is 0.473. The van der Waals surface area contributed by atoms with E-state index in [1.807, 2.05) is 6.92 Å². The summed E-state index contributed by atoms with van der Waals surface area (Å²) < 4.78 is 0. The average Bonchev–Trinajstić information content (AvgIpc) is 2.25. The van der Waals surface area contributed by atoms with Crippen LogP contribution in [0.5, 0.6) is 0 Å². The highest BCUT2D eigenvalue weighted by Crippen LogP contribution is 2.24. The van der Waals surface area contributed by atoms with Crippen molar-refractivity contribution in [3.05, 3.63) is 0 Å². The van der Waals surface area contributed by atoms with Gasteiger partial charge in [0.15, 0.2) is 5.79 Å². The van der Waals surface area contributed by atoms with Crippen LogP contribution in [0.3, 0.4) is 0 Å². The Bertz CT molecular complexity index is 199. The SMILES string of the molecule is CCCCCCC(=O)[C@@H](CC)C(O)(O)CC. The van der Waals surface area contributed by atoms with Crippen LogP contribution in [0.15, 0.2) is 0 Å². The zero-order chi connectivity index (χ0) is 12.6. The van der Waals surface area contributed by atoms with Gasteiger partial charge in [-0.2, -0.15) is 0 Å². The van der Waals surface area contributed by atoms with Gasteiger partial charge in [0.2, 0.25) is 0 Å².